The van der Waals surface area contributed by atoms with Crippen LogP contribution in [0.5, 0.6) is 11.5 Å². The molecule has 1 heterocycles. The van der Waals surface area contributed by atoms with Gasteiger partial charge in [-0.2, -0.15) is 0 Å². The van der Waals surface area contributed by atoms with E-state index in [0.717, 1.165) is 34.7 Å². The van der Waals surface area contributed by atoms with Crippen molar-refractivity contribution < 1.29 is 22.7 Å². The molecule has 0 radical (unpaired) electrons. The number of fused-ring (bicyclic) bond motifs is 1. The number of para-hydroxylation sites is 1. The summed E-state index contributed by atoms with van der Waals surface area (Å²) >= 11 is 0. The first-order valence-corrected chi connectivity index (χ1v) is 12.2. The normalized spacial score (nSPS) is 17.2. The Kier molecular flexibility index (Phi) is 6.79. The van der Waals surface area contributed by atoms with E-state index in [4.69, 9.17) is 9.47 Å². The summed E-state index contributed by atoms with van der Waals surface area (Å²) < 4.78 is 37.3. The molecule has 3 rings (SSSR count). The molecule has 1 atom stereocenters. The minimum Gasteiger partial charge on any atom is -0.497 e. The lowest BCUT2D eigenvalue weighted by Gasteiger charge is -2.41. The van der Waals surface area contributed by atoms with Gasteiger partial charge in [-0.25, -0.2) is 8.42 Å². The third-order valence-corrected chi connectivity index (χ3v) is 7.01. The largest absolute Gasteiger partial charge is 0.497 e. The van der Waals surface area contributed by atoms with Gasteiger partial charge in [-0.05, 0) is 43.2 Å². The first kappa shape index (κ1) is 22.9. The molecule has 0 unspecified atom stereocenters. The van der Waals surface area contributed by atoms with Crippen LogP contribution in [0.2, 0.25) is 0 Å². The monoisotopic (exact) mass is 446 g/mol. The zero-order valence-electron chi connectivity index (χ0n) is 18.4. The van der Waals surface area contributed by atoms with Crippen LogP contribution in [0.15, 0.2) is 48.5 Å². The van der Waals surface area contributed by atoms with Crippen molar-refractivity contribution in [1.82, 2.24) is 5.32 Å². The third kappa shape index (κ3) is 5.12. The summed E-state index contributed by atoms with van der Waals surface area (Å²) in [5.74, 6) is 0.998. The van der Waals surface area contributed by atoms with Gasteiger partial charge < -0.3 is 14.8 Å². The van der Waals surface area contributed by atoms with E-state index in [1.807, 2.05) is 24.3 Å². The fourth-order valence-corrected chi connectivity index (χ4v) is 4.81. The van der Waals surface area contributed by atoms with Gasteiger partial charge in [-0.3, -0.25) is 9.10 Å². The molecule has 0 bridgehead atoms. The SMILES string of the molecule is CCC1(CC)C[C@@H](NC(=O)CN(c2ccc(OC)cc2)S(C)(=O)=O)c2ccccc2O1. The highest BCUT2D eigenvalue weighted by atomic mass is 32.2. The second kappa shape index (κ2) is 9.18. The van der Waals surface area contributed by atoms with E-state index in [1.54, 1.807) is 24.3 Å². The predicted molar refractivity (Wildman–Crippen MR) is 121 cm³/mol. The molecule has 1 amide bonds. The number of benzene rings is 2. The molecule has 2 aromatic carbocycles. The van der Waals surface area contributed by atoms with Crippen LogP contribution in [-0.4, -0.2) is 39.8 Å². The number of nitrogens with zero attached hydrogens (tertiary/aromatic N) is 1. The molecule has 8 heteroatoms. The lowest BCUT2D eigenvalue weighted by Crippen LogP contribution is -2.47. The summed E-state index contributed by atoms with van der Waals surface area (Å²) in [6, 6.07) is 14.0. The lowest BCUT2D eigenvalue weighted by molar-refractivity contribution is -0.121. The highest BCUT2D eigenvalue weighted by Gasteiger charge is 2.39. The van der Waals surface area contributed by atoms with Crippen molar-refractivity contribution in [3.05, 3.63) is 54.1 Å². The quantitative estimate of drug-likeness (QED) is 0.669. The zero-order chi connectivity index (χ0) is 22.6. The van der Waals surface area contributed by atoms with Crippen LogP contribution >= 0.6 is 0 Å². The van der Waals surface area contributed by atoms with Gasteiger partial charge in [0.05, 0.1) is 25.1 Å². The Labute approximate surface area is 184 Å². The van der Waals surface area contributed by atoms with E-state index >= 15 is 0 Å². The number of nitrogens with one attached hydrogen (secondary N) is 1. The first-order valence-electron chi connectivity index (χ1n) is 10.4. The Morgan fingerprint density at radius 2 is 1.81 bits per heavy atom. The Morgan fingerprint density at radius 1 is 1.16 bits per heavy atom. The van der Waals surface area contributed by atoms with Crippen molar-refractivity contribution in [3.8, 4) is 11.5 Å². The van der Waals surface area contributed by atoms with Gasteiger partial charge in [0.1, 0.15) is 23.6 Å². The van der Waals surface area contributed by atoms with Crippen LogP contribution in [0.3, 0.4) is 0 Å². The van der Waals surface area contributed by atoms with Crippen LogP contribution in [0.25, 0.3) is 0 Å². The van der Waals surface area contributed by atoms with Gasteiger partial charge >= 0.3 is 0 Å². The number of hydrogen-bond acceptors (Lipinski definition) is 5. The van der Waals surface area contributed by atoms with Crippen LogP contribution in [-0.2, 0) is 14.8 Å². The number of methoxy groups -OCH3 is 1. The van der Waals surface area contributed by atoms with Crippen molar-refractivity contribution in [2.24, 2.45) is 0 Å². The molecule has 2 aromatic rings. The van der Waals surface area contributed by atoms with Gasteiger partial charge in [-0.1, -0.05) is 32.0 Å². The van der Waals surface area contributed by atoms with Crippen molar-refractivity contribution in [1.29, 1.82) is 0 Å². The number of anilines is 1. The minimum atomic E-state index is -3.66. The van der Waals surface area contributed by atoms with Gasteiger partial charge in [-0.15, -0.1) is 0 Å². The number of hydrogen-bond donors (Lipinski definition) is 1. The lowest BCUT2D eigenvalue weighted by atomic mass is 9.83. The maximum absolute atomic E-state index is 13.0. The molecule has 0 saturated heterocycles. The smallest absolute Gasteiger partial charge is 0.241 e. The molecule has 1 aliphatic rings. The van der Waals surface area contributed by atoms with Gasteiger partial charge in [0, 0.05) is 12.0 Å². The fraction of sp³-hybridized carbons (Fsp3) is 0.435. The molecule has 31 heavy (non-hydrogen) atoms. The van der Waals surface area contributed by atoms with E-state index in [0.29, 0.717) is 17.9 Å². The van der Waals surface area contributed by atoms with E-state index in [9.17, 15) is 13.2 Å². The van der Waals surface area contributed by atoms with Gasteiger partial charge in [0.2, 0.25) is 15.9 Å². The van der Waals surface area contributed by atoms with Crippen molar-refractivity contribution in [2.75, 3.05) is 24.2 Å². The third-order valence-electron chi connectivity index (χ3n) is 5.87. The first-order chi connectivity index (χ1) is 14.7. The molecule has 0 aliphatic carbocycles. The molecule has 0 aromatic heterocycles. The summed E-state index contributed by atoms with van der Waals surface area (Å²) in [7, 11) is -2.12. The van der Waals surface area contributed by atoms with Crippen LogP contribution in [0, 0.1) is 0 Å². The minimum absolute atomic E-state index is 0.255. The molecular weight excluding hydrogens is 416 g/mol. The summed E-state index contributed by atoms with van der Waals surface area (Å²) in [4.78, 5) is 13.0. The van der Waals surface area contributed by atoms with Crippen molar-refractivity contribution in [2.45, 2.75) is 44.8 Å². The molecule has 0 spiro atoms. The average Bonchev–Trinajstić information content (AvgIpc) is 2.76. The molecule has 1 aliphatic heterocycles. The van der Waals surface area contributed by atoms with Crippen LogP contribution in [0.4, 0.5) is 5.69 Å². The zero-order valence-corrected chi connectivity index (χ0v) is 19.2. The van der Waals surface area contributed by atoms with Crippen molar-refractivity contribution >= 4 is 21.6 Å². The predicted octanol–water partition coefficient (Wildman–Crippen LogP) is 3.66. The van der Waals surface area contributed by atoms with E-state index in [2.05, 4.69) is 19.2 Å². The summed E-state index contributed by atoms with van der Waals surface area (Å²) in [5, 5.41) is 3.04. The highest BCUT2D eigenvalue weighted by Crippen LogP contribution is 2.42. The molecular formula is C23H30N2O5S. The Balaban J connectivity index is 1.83. The van der Waals surface area contributed by atoms with E-state index in [-0.39, 0.29) is 24.1 Å². The number of carbonyl (C=O) groups is 1. The fourth-order valence-electron chi connectivity index (χ4n) is 3.95. The standard InChI is InChI=1S/C23H30N2O5S/c1-5-23(6-2)15-20(19-9-7-8-10-21(19)30-23)24-22(26)16-25(31(4,27)28)17-11-13-18(29-3)14-12-17/h7-14,20H,5-6,15-16H2,1-4H3,(H,24,26)/t20-/m1/s1. The maximum Gasteiger partial charge on any atom is 0.241 e. The Hall–Kier alpha value is -2.74. The van der Waals surface area contributed by atoms with Gasteiger partial charge in [0.25, 0.3) is 0 Å². The number of ether oxygens (including phenoxy) is 2. The average molecular weight is 447 g/mol. The van der Waals surface area contributed by atoms with Gasteiger partial charge in [0.15, 0.2) is 0 Å². The molecule has 7 nitrogen and oxygen atoms in total. The number of amides is 1. The summed E-state index contributed by atoms with van der Waals surface area (Å²) in [5.41, 5.74) is 0.949. The summed E-state index contributed by atoms with van der Waals surface area (Å²) in [6.45, 7) is 3.84. The summed E-state index contributed by atoms with van der Waals surface area (Å²) in [6.07, 6.45) is 3.34. The molecule has 168 valence electrons. The Bertz CT molecular complexity index is 1020. The molecule has 1 N–H and O–H groups in total. The molecule has 0 saturated carbocycles. The molecule has 0 fully saturated rings. The topological polar surface area (TPSA) is 84.9 Å². The van der Waals surface area contributed by atoms with Crippen molar-refractivity contribution in [3.63, 3.8) is 0 Å². The van der Waals surface area contributed by atoms with E-state index < -0.39 is 10.0 Å². The Morgan fingerprint density at radius 3 is 2.39 bits per heavy atom. The maximum atomic E-state index is 13.0. The second-order valence-corrected chi connectivity index (χ2v) is 9.73. The van der Waals surface area contributed by atoms with E-state index in [1.165, 1.54) is 7.11 Å². The van der Waals surface area contributed by atoms with Crippen LogP contribution < -0.4 is 19.1 Å². The highest BCUT2D eigenvalue weighted by molar-refractivity contribution is 7.92. The second-order valence-electron chi connectivity index (χ2n) is 7.82. The number of rotatable bonds is 8. The number of sulfonamides is 1. The van der Waals surface area contributed by atoms with Crippen LogP contribution in [0.1, 0.15) is 44.7 Å². The number of carbonyl (C=O) groups excluding carboxylic acids is 1.